The van der Waals surface area contributed by atoms with Gasteiger partial charge < -0.3 is 9.47 Å². The molecule has 0 N–H and O–H groups in total. The van der Waals surface area contributed by atoms with Crippen LogP contribution in [0.1, 0.15) is 26.3 Å². The van der Waals surface area contributed by atoms with Crippen molar-refractivity contribution in [2.24, 2.45) is 5.10 Å². The minimum Gasteiger partial charge on any atom is -0.493 e. The molecule has 2 aromatic carbocycles. The number of hydrazone groups is 1. The van der Waals surface area contributed by atoms with Gasteiger partial charge >= 0.3 is 6.61 Å². The summed E-state index contributed by atoms with van der Waals surface area (Å²) in [6.07, 6.45) is 1.26. The van der Waals surface area contributed by atoms with Gasteiger partial charge in [0.05, 0.1) is 24.5 Å². The van der Waals surface area contributed by atoms with Crippen molar-refractivity contribution >= 4 is 18.0 Å². The Morgan fingerprint density at radius 3 is 2.24 bits per heavy atom. The van der Waals surface area contributed by atoms with Gasteiger partial charge in [-0.3, -0.25) is 9.59 Å². The van der Waals surface area contributed by atoms with Crippen molar-refractivity contribution in [3.8, 4) is 11.5 Å². The van der Waals surface area contributed by atoms with Crippen LogP contribution in [-0.4, -0.2) is 36.8 Å². The maximum absolute atomic E-state index is 12.3. The molecule has 3 rings (SSSR count). The first kappa shape index (κ1) is 16.6. The number of rotatable bonds is 5. The summed E-state index contributed by atoms with van der Waals surface area (Å²) in [6, 6.07) is 10.5. The Labute approximate surface area is 141 Å². The Morgan fingerprint density at radius 1 is 1.04 bits per heavy atom. The fourth-order valence-corrected chi connectivity index (χ4v) is 2.36. The Morgan fingerprint density at radius 2 is 1.68 bits per heavy atom. The van der Waals surface area contributed by atoms with Crippen LogP contribution < -0.4 is 9.47 Å². The summed E-state index contributed by atoms with van der Waals surface area (Å²) >= 11 is 0. The summed E-state index contributed by atoms with van der Waals surface area (Å²) in [5.41, 5.74) is 1.00. The molecule has 128 valence electrons. The lowest BCUT2D eigenvalue weighted by atomic mass is 10.1. The fourth-order valence-electron chi connectivity index (χ4n) is 2.36. The summed E-state index contributed by atoms with van der Waals surface area (Å²) in [6.45, 7) is -2.98. The van der Waals surface area contributed by atoms with Crippen LogP contribution in [0.3, 0.4) is 0 Å². The molecular formula is C17H12F2N2O4. The van der Waals surface area contributed by atoms with Gasteiger partial charge in [-0.1, -0.05) is 12.1 Å². The Kier molecular flexibility index (Phi) is 4.42. The predicted octanol–water partition coefficient (Wildman–Crippen LogP) is 2.93. The second-order valence-corrected chi connectivity index (χ2v) is 5.00. The lowest BCUT2D eigenvalue weighted by molar-refractivity contribution is -0.0512. The summed E-state index contributed by atoms with van der Waals surface area (Å²) < 4.78 is 33.9. The van der Waals surface area contributed by atoms with Crippen LogP contribution in [0.15, 0.2) is 47.6 Å². The topological polar surface area (TPSA) is 68.2 Å². The Bertz CT molecular complexity index is 832. The highest BCUT2D eigenvalue weighted by atomic mass is 19.3. The number of halogens is 2. The second-order valence-electron chi connectivity index (χ2n) is 5.00. The number of amides is 2. The van der Waals surface area contributed by atoms with Crippen LogP contribution >= 0.6 is 0 Å². The molecule has 2 aromatic rings. The number of alkyl halides is 2. The van der Waals surface area contributed by atoms with Gasteiger partial charge in [-0.25, -0.2) is 0 Å². The maximum Gasteiger partial charge on any atom is 0.387 e. The number of benzene rings is 2. The Hall–Kier alpha value is -3.29. The van der Waals surface area contributed by atoms with E-state index < -0.39 is 18.4 Å². The van der Waals surface area contributed by atoms with E-state index in [2.05, 4.69) is 9.84 Å². The van der Waals surface area contributed by atoms with Crippen LogP contribution in [0, 0.1) is 0 Å². The highest BCUT2D eigenvalue weighted by Crippen LogP contribution is 2.29. The van der Waals surface area contributed by atoms with Crippen molar-refractivity contribution < 1.29 is 27.8 Å². The fraction of sp³-hybridized carbons (Fsp3) is 0.118. The van der Waals surface area contributed by atoms with Gasteiger partial charge in [0.25, 0.3) is 11.8 Å². The van der Waals surface area contributed by atoms with Gasteiger partial charge in [0, 0.05) is 0 Å². The molecule has 1 aliphatic heterocycles. The quantitative estimate of drug-likeness (QED) is 0.617. The van der Waals surface area contributed by atoms with Crippen LogP contribution in [0.5, 0.6) is 11.5 Å². The van der Waals surface area contributed by atoms with Crippen LogP contribution in [-0.2, 0) is 0 Å². The first-order valence-electron chi connectivity index (χ1n) is 7.16. The van der Waals surface area contributed by atoms with Crippen LogP contribution in [0.25, 0.3) is 0 Å². The molecule has 6 nitrogen and oxygen atoms in total. The van der Waals surface area contributed by atoms with E-state index in [-0.39, 0.29) is 22.6 Å². The number of imide groups is 1. The molecule has 0 aromatic heterocycles. The molecule has 0 saturated heterocycles. The zero-order valence-electron chi connectivity index (χ0n) is 13.0. The van der Waals surface area contributed by atoms with Crippen molar-refractivity contribution in [2.75, 3.05) is 7.11 Å². The summed E-state index contributed by atoms with van der Waals surface area (Å²) in [5.74, 6) is -1.11. The van der Waals surface area contributed by atoms with E-state index in [1.54, 1.807) is 24.3 Å². The average Bonchev–Trinajstić information content (AvgIpc) is 2.85. The van der Waals surface area contributed by atoms with Gasteiger partial charge in [0.1, 0.15) is 0 Å². The predicted molar refractivity (Wildman–Crippen MR) is 84.2 cm³/mol. The van der Waals surface area contributed by atoms with Crippen LogP contribution in [0.4, 0.5) is 8.78 Å². The van der Waals surface area contributed by atoms with E-state index >= 15 is 0 Å². The normalized spacial score (nSPS) is 13.7. The van der Waals surface area contributed by atoms with Gasteiger partial charge in [-0.05, 0) is 35.9 Å². The molecule has 0 spiro atoms. The van der Waals surface area contributed by atoms with Gasteiger partial charge in [-0.15, -0.1) is 0 Å². The monoisotopic (exact) mass is 346 g/mol. The highest BCUT2D eigenvalue weighted by Gasteiger charge is 2.35. The van der Waals surface area contributed by atoms with Crippen molar-refractivity contribution in [3.63, 3.8) is 0 Å². The first-order chi connectivity index (χ1) is 12.0. The Balaban J connectivity index is 1.83. The molecule has 0 aliphatic carbocycles. The zero-order valence-corrected chi connectivity index (χ0v) is 13.0. The van der Waals surface area contributed by atoms with Crippen molar-refractivity contribution in [1.29, 1.82) is 0 Å². The van der Waals surface area contributed by atoms with Gasteiger partial charge in [-0.2, -0.15) is 18.9 Å². The molecule has 1 aliphatic rings. The van der Waals surface area contributed by atoms with E-state index in [0.29, 0.717) is 5.56 Å². The second kappa shape index (κ2) is 6.68. The SMILES string of the molecule is COc1cc(/C=N\N2C(=O)c3ccccc3C2=O)ccc1OC(F)F. The van der Waals surface area contributed by atoms with Gasteiger partial charge in [0.2, 0.25) is 0 Å². The standard InChI is InChI=1S/C17H12F2N2O4/c1-24-14-8-10(6-7-13(14)25-17(18)19)9-20-21-15(22)11-4-2-3-5-12(11)16(21)23/h2-9,17H,1H3/b20-9-. The van der Waals surface area contributed by atoms with E-state index in [0.717, 1.165) is 5.01 Å². The molecule has 0 bridgehead atoms. The average molecular weight is 346 g/mol. The number of carbonyl (C=O) groups is 2. The van der Waals surface area contributed by atoms with E-state index in [1.807, 2.05) is 0 Å². The number of carbonyl (C=O) groups excluding carboxylic acids is 2. The van der Waals surface area contributed by atoms with E-state index in [4.69, 9.17) is 4.74 Å². The third kappa shape index (κ3) is 3.18. The number of nitrogens with zero attached hydrogens (tertiary/aromatic N) is 2. The number of hydrogen-bond acceptors (Lipinski definition) is 5. The molecular weight excluding hydrogens is 334 g/mol. The first-order valence-corrected chi connectivity index (χ1v) is 7.16. The maximum atomic E-state index is 12.3. The molecule has 0 unspecified atom stereocenters. The molecule has 0 saturated carbocycles. The third-order valence-electron chi connectivity index (χ3n) is 3.50. The molecule has 25 heavy (non-hydrogen) atoms. The lowest BCUT2D eigenvalue weighted by Crippen LogP contribution is -2.24. The summed E-state index contributed by atoms with van der Waals surface area (Å²) in [4.78, 5) is 24.4. The van der Waals surface area contributed by atoms with Crippen molar-refractivity contribution in [3.05, 3.63) is 59.2 Å². The van der Waals surface area contributed by atoms with Crippen molar-refractivity contribution in [1.82, 2.24) is 5.01 Å². The third-order valence-corrected chi connectivity index (χ3v) is 3.50. The summed E-state index contributed by atoms with van der Waals surface area (Å²) in [7, 11) is 1.30. The molecule has 2 amide bonds. The molecule has 0 fully saturated rings. The minimum absolute atomic E-state index is 0.0756. The number of ether oxygens (including phenoxy) is 2. The van der Waals surface area contributed by atoms with Gasteiger partial charge in [0.15, 0.2) is 11.5 Å². The molecule has 0 atom stereocenters. The molecule has 8 heteroatoms. The number of hydrogen-bond donors (Lipinski definition) is 0. The smallest absolute Gasteiger partial charge is 0.387 e. The molecule has 0 radical (unpaired) electrons. The summed E-state index contributed by atoms with van der Waals surface area (Å²) in [5, 5.41) is 4.65. The zero-order chi connectivity index (χ0) is 18.0. The lowest BCUT2D eigenvalue weighted by Gasteiger charge is -2.10. The van der Waals surface area contributed by atoms with Crippen LogP contribution in [0.2, 0.25) is 0 Å². The minimum atomic E-state index is -2.98. The van der Waals surface area contributed by atoms with E-state index in [9.17, 15) is 18.4 Å². The number of fused-ring (bicyclic) bond motifs is 1. The van der Waals surface area contributed by atoms with Crippen molar-refractivity contribution in [2.45, 2.75) is 6.61 Å². The largest absolute Gasteiger partial charge is 0.493 e. The number of methoxy groups -OCH3 is 1. The highest BCUT2D eigenvalue weighted by molar-refractivity contribution is 6.21. The van der Waals surface area contributed by atoms with E-state index in [1.165, 1.54) is 31.5 Å². The molecule has 1 heterocycles.